The first-order valence-electron chi connectivity index (χ1n) is 6.58. The predicted octanol–water partition coefficient (Wildman–Crippen LogP) is 4.91. The summed E-state index contributed by atoms with van der Waals surface area (Å²) in [5.74, 6) is -5.40. The summed E-state index contributed by atoms with van der Waals surface area (Å²) in [5.41, 5.74) is -0.143. The van der Waals surface area contributed by atoms with Crippen molar-refractivity contribution in [3.63, 3.8) is 0 Å². The molecule has 128 valence electrons. The molecule has 2 aromatic rings. The highest BCUT2D eigenvalue weighted by Crippen LogP contribution is 2.30. The minimum absolute atomic E-state index is 0.0729. The fraction of sp³-hybridized carbons (Fsp3) is 0.188. The van der Waals surface area contributed by atoms with Crippen LogP contribution in [0.15, 0.2) is 30.3 Å². The van der Waals surface area contributed by atoms with Crippen LogP contribution in [0.2, 0.25) is 0 Å². The predicted molar refractivity (Wildman–Crippen MR) is 73.3 cm³/mol. The van der Waals surface area contributed by atoms with Crippen LogP contribution in [-0.4, -0.2) is 18.6 Å². The van der Waals surface area contributed by atoms with E-state index in [9.17, 15) is 31.1 Å². The van der Waals surface area contributed by atoms with Crippen LogP contribution in [0.25, 0.3) is 11.1 Å². The summed E-state index contributed by atoms with van der Waals surface area (Å²) >= 11 is 0. The molecule has 0 N–H and O–H groups in total. The molecule has 0 saturated carbocycles. The molecule has 2 nitrogen and oxygen atoms in total. The van der Waals surface area contributed by atoms with E-state index in [1.807, 2.05) is 0 Å². The summed E-state index contributed by atoms with van der Waals surface area (Å²) in [6, 6.07) is 4.85. The molecule has 2 rings (SSSR count). The van der Waals surface area contributed by atoms with Gasteiger partial charge in [0, 0.05) is 0 Å². The fourth-order valence-electron chi connectivity index (χ4n) is 1.99. The average molecular weight is 348 g/mol. The third-order valence-electron chi connectivity index (χ3n) is 3.07. The highest BCUT2D eigenvalue weighted by molar-refractivity contribution is 5.98. The van der Waals surface area contributed by atoms with Gasteiger partial charge in [0.05, 0.1) is 5.56 Å². The first-order valence-corrected chi connectivity index (χ1v) is 6.58. The van der Waals surface area contributed by atoms with Gasteiger partial charge in [-0.3, -0.25) is 4.79 Å². The van der Waals surface area contributed by atoms with Gasteiger partial charge in [-0.25, -0.2) is 13.2 Å². The van der Waals surface area contributed by atoms with E-state index in [1.54, 1.807) is 0 Å². The number of alkyl halides is 3. The molecule has 0 aromatic heterocycles. The lowest BCUT2D eigenvalue weighted by molar-refractivity contribution is -0.153. The van der Waals surface area contributed by atoms with Crippen LogP contribution in [0.3, 0.4) is 0 Å². The van der Waals surface area contributed by atoms with Gasteiger partial charge >= 0.3 is 6.18 Å². The zero-order valence-electron chi connectivity index (χ0n) is 12.2. The lowest BCUT2D eigenvalue weighted by Gasteiger charge is -2.13. The monoisotopic (exact) mass is 348 g/mol. The van der Waals surface area contributed by atoms with Gasteiger partial charge in [0.15, 0.2) is 29.8 Å². The van der Waals surface area contributed by atoms with E-state index in [0.717, 1.165) is 19.1 Å². The van der Waals surface area contributed by atoms with Gasteiger partial charge in [0.2, 0.25) is 0 Å². The Morgan fingerprint density at radius 3 is 2.08 bits per heavy atom. The number of carbonyl (C=O) groups excluding carboxylic acids is 1. The van der Waals surface area contributed by atoms with E-state index in [1.165, 1.54) is 6.07 Å². The lowest BCUT2D eigenvalue weighted by atomic mass is 10.0. The Morgan fingerprint density at radius 2 is 1.58 bits per heavy atom. The lowest BCUT2D eigenvalue weighted by Crippen LogP contribution is -2.20. The molecule has 0 bridgehead atoms. The van der Waals surface area contributed by atoms with E-state index in [0.29, 0.717) is 12.1 Å². The average Bonchev–Trinajstić information content (AvgIpc) is 2.49. The molecule has 0 fully saturated rings. The van der Waals surface area contributed by atoms with Crippen LogP contribution in [0.1, 0.15) is 17.3 Å². The molecule has 0 saturated heterocycles. The van der Waals surface area contributed by atoms with Crippen molar-refractivity contribution in [1.29, 1.82) is 0 Å². The third kappa shape index (κ3) is 4.06. The summed E-state index contributed by atoms with van der Waals surface area (Å²) < 4.78 is 80.8. The van der Waals surface area contributed by atoms with E-state index < -0.39 is 36.0 Å². The van der Waals surface area contributed by atoms with Crippen LogP contribution < -0.4 is 4.74 Å². The summed E-state index contributed by atoms with van der Waals surface area (Å²) in [6.45, 7) is -0.488. The van der Waals surface area contributed by atoms with E-state index in [-0.39, 0.29) is 22.4 Å². The summed E-state index contributed by atoms with van der Waals surface area (Å²) in [7, 11) is 0. The Morgan fingerprint density at radius 1 is 1.00 bits per heavy atom. The Kier molecular flexibility index (Phi) is 4.86. The molecule has 0 amide bonds. The van der Waals surface area contributed by atoms with Gasteiger partial charge in [-0.1, -0.05) is 6.07 Å². The van der Waals surface area contributed by atoms with Crippen LogP contribution >= 0.6 is 0 Å². The Hall–Kier alpha value is -2.51. The van der Waals surface area contributed by atoms with Gasteiger partial charge in [0.25, 0.3) is 0 Å². The van der Waals surface area contributed by atoms with Crippen LogP contribution in [0, 0.1) is 17.5 Å². The Labute approximate surface area is 132 Å². The van der Waals surface area contributed by atoms with Crippen molar-refractivity contribution in [2.45, 2.75) is 13.1 Å². The number of hydrogen-bond acceptors (Lipinski definition) is 2. The second-order valence-electron chi connectivity index (χ2n) is 4.92. The zero-order chi connectivity index (χ0) is 18.1. The molecular weight excluding hydrogens is 338 g/mol. The number of ketones is 1. The largest absolute Gasteiger partial charge is 0.483 e. The second-order valence-corrected chi connectivity index (χ2v) is 4.92. The normalized spacial score (nSPS) is 11.5. The highest BCUT2D eigenvalue weighted by Gasteiger charge is 2.29. The van der Waals surface area contributed by atoms with E-state index in [2.05, 4.69) is 4.74 Å². The number of halogens is 6. The van der Waals surface area contributed by atoms with Crippen molar-refractivity contribution < 1.29 is 35.9 Å². The number of carbonyl (C=O) groups is 1. The standard InChI is InChI=1S/C16H10F6O2/c1-8(23)11-4-9(2-3-14(11)24-7-16(20,21)22)10-5-12(17)15(19)13(18)6-10/h2-6H,7H2,1H3. The van der Waals surface area contributed by atoms with Crippen molar-refractivity contribution in [1.82, 2.24) is 0 Å². The Balaban J connectivity index is 2.44. The molecule has 0 unspecified atom stereocenters. The quantitative estimate of drug-likeness (QED) is 0.446. The van der Waals surface area contributed by atoms with Crippen LogP contribution in [0.4, 0.5) is 26.3 Å². The smallest absolute Gasteiger partial charge is 0.422 e. The van der Waals surface area contributed by atoms with Crippen molar-refractivity contribution >= 4 is 5.78 Å². The summed E-state index contributed by atoms with van der Waals surface area (Å²) in [5, 5.41) is 0. The maximum absolute atomic E-state index is 13.3. The first kappa shape index (κ1) is 17.8. The maximum atomic E-state index is 13.3. The molecule has 0 aliphatic carbocycles. The van der Waals surface area contributed by atoms with Gasteiger partial charge < -0.3 is 4.74 Å². The molecule has 0 atom stereocenters. The maximum Gasteiger partial charge on any atom is 0.422 e. The summed E-state index contributed by atoms with van der Waals surface area (Å²) in [6.07, 6.45) is -4.59. The van der Waals surface area contributed by atoms with Crippen molar-refractivity contribution in [2.75, 3.05) is 6.61 Å². The number of hydrogen-bond donors (Lipinski definition) is 0. The molecule has 0 spiro atoms. The number of benzene rings is 2. The van der Waals surface area contributed by atoms with E-state index in [4.69, 9.17) is 0 Å². The van der Waals surface area contributed by atoms with Crippen molar-refractivity contribution in [2.24, 2.45) is 0 Å². The molecular formula is C16H10F6O2. The van der Waals surface area contributed by atoms with Crippen molar-refractivity contribution in [3.05, 3.63) is 53.3 Å². The molecule has 8 heteroatoms. The molecule has 2 aromatic carbocycles. The highest BCUT2D eigenvalue weighted by atomic mass is 19.4. The molecule has 0 aliphatic heterocycles. The molecule has 0 aliphatic rings. The van der Waals surface area contributed by atoms with E-state index >= 15 is 0 Å². The Bertz CT molecular complexity index is 760. The minimum atomic E-state index is -4.59. The van der Waals surface area contributed by atoms with Crippen molar-refractivity contribution in [3.8, 4) is 16.9 Å². The number of Topliss-reactive ketones (excluding diaryl/α,β-unsaturated/α-hetero) is 1. The SMILES string of the molecule is CC(=O)c1cc(-c2cc(F)c(F)c(F)c2)ccc1OCC(F)(F)F. The van der Waals surface area contributed by atoms with Crippen LogP contribution in [0.5, 0.6) is 5.75 Å². The minimum Gasteiger partial charge on any atom is -0.483 e. The summed E-state index contributed by atoms with van der Waals surface area (Å²) in [4.78, 5) is 11.6. The van der Waals surface area contributed by atoms with Gasteiger partial charge in [-0.05, 0) is 42.3 Å². The molecule has 0 radical (unpaired) electrons. The third-order valence-corrected chi connectivity index (χ3v) is 3.07. The molecule has 24 heavy (non-hydrogen) atoms. The zero-order valence-corrected chi connectivity index (χ0v) is 12.2. The second kappa shape index (κ2) is 6.54. The van der Waals surface area contributed by atoms with Gasteiger partial charge in [0.1, 0.15) is 5.75 Å². The topological polar surface area (TPSA) is 26.3 Å². The van der Waals surface area contributed by atoms with Gasteiger partial charge in [-0.2, -0.15) is 13.2 Å². The number of rotatable bonds is 4. The molecule has 0 heterocycles. The van der Waals surface area contributed by atoms with Gasteiger partial charge in [-0.15, -0.1) is 0 Å². The fourth-order valence-corrected chi connectivity index (χ4v) is 1.99. The number of ether oxygens (including phenoxy) is 1. The first-order chi connectivity index (χ1) is 11.1. The van der Waals surface area contributed by atoms with Crippen LogP contribution in [-0.2, 0) is 0 Å².